The largest absolute Gasteiger partial charge is 0.385 e. The van der Waals surface area contributed by atoms with Gasteiger partial charge in [-0.1, -0.05) is 13.0 Å². The molecule has 0 amide bonds. The van der Waals surface area contributed by atoms with Crippen LogP contribution in [0.1, 0.15) is 38.2 Å². The lowest BCUT2D eigenvalue weighted by Crippen LogP contribution is -2.32. The Morgan fingerprint density at radius 3 is 2.29 bits per heavy atom. The minimum absolute atomic E-state index is 0.122. The zero-order valence-electron chi connectivity index (χ0n) is 9.64. The molecule has 0 bridgehead atoms. The first-order chi connectivity index (χ1) is 7.94. The third-order valence-corrected chi connectivity index (χ3v) is 3.64. The Morgan fingerprint density at radius 2 is 1.71 bits per heavy atom. The van der Waals surface area contributed by atoms with Crippen molar-refractivity contribution in [1.29, 1.82) is 0 Å². The lowest BCUT2D eigenvalue weighted by Gasteiger charge is -2.35. The van der Waals surface area contributed by atoms with Crippen LogP contribution in [0.3, 0.4) is 0 Å². The van der Waals surface area contributed by atoms with Gasteiger partial charge >= 0.3 is 0 Å². The molecule has 1 aliphatic carbocycles. The van der Waals surface area contributed by atoms with Crippen LogP contribution in [0.5, 0.6) is 0 Å². The summed E-state index contributed by atoms with van der Waals surface area (Å²) in [5, 5.41) is 10.3. The van der Waals surface area contributed by atoms with Crippen LogP contribution in [0.15, 0.2) is 12.1 Å². The van der Waals surface area contributed by atoms with E-state index >= 15 is 0 Å². The fourth-order valence-corrected chi connectivity index (χ4v) is 2.39. The zero-order chi connectivity index (χ0) is 12.6. The van der Waals surface area contributed by atoms with Gasteiger partial charge in [-0.2, -0.15) is 0 Å². The highest BCUT2D eigenvalue weighted by molar-refractivity contribution is 5.26. The third-order valence-electron chi connectivity index (χ3n) is 3.64. The van der Waals surface area contributed by atoms with Crippen molar-refractivity contribution in [2.24, 2.45) is 5.92 Å². The molecule has 0 spiro atoms. The maximum atomic E-state index is 13.6. The minimum Gasteiger partial charge on any atom is -0.385 e. The molecular weight excluding hydrogens is 229 g/mol. The summed E-state index contributed by atoms with van der Waals surface area (Å²) < 4.78 is 39.6. The van der Waals surface area contributed by atoms with E-state index in [-0.39, 0.29) is 5.56 Å². The molecule has 0 aliphatic heterocycles. The van der Waals surface area contributed by atoms with Gasteiger partial charge in [0.05, 0.1) is 5.60 Å². The van der Waals surface area contributed by atoms with E-state index in [9.17, 15) is 18.3 Å². The van der Waals surface area contributed by atoms with E-state index in [1.165, 1.54) is 0 Å². The van der Waals surface area contributed by atoms with Crippen LogP contribution in [0.25, 0.3) is 0 Å². The molecular formula is C13H15F3O. The summed E-state index contributed by atoms with van der Waals surface area (Å²) in [6.45, 7) is 2.06. The van der Waals surface area contributed by atoms with Gasteiger partial charge in [0.2, 0.25) is 0 Å². The first-order valence-electron chi connectivity index (χ1n) is 5.80. The second-order valence-electron chi connectivity index (χ2n) is 4.94. The van der Waals surface area contributed by atoms with Gasteiger partial charge in [-0.15, -0.1) is 0 Å². The second kappa shape index (κ2) is 4.33. The summed E-state index contributed by atoms with van der Waals surface area (Å²) in [4.78, 5) is 0. The van der Waals surface area contributed by atoms with Gasteiger partial charge in [0.25, 0.3) is 0 Å². The quantitative estimate of drug-likeness (QED) is 0.749. The van der Waals surface area contributed by atoms with Gasteiger partial charge in [-0.25, -0.2) is 13.2 Å². The Kier molecular flexibility index (Phi) is 3.17. The Morgan fingerprint density at radius 1 is 1.12 bits per heavy atom. The highest BCUT2D eigenvalue weighted by Crippen LogP contribution is 2.40. The highest BCUT2D eigenvalue weighted by atomic mass is 19.2. The van der Waals surface area contributed by atoms with Gasteiger partial charge in [0.1, 0.15) is 0 Å². The average Bonchev–Trinajstić information content (AvgIpc) is 2.30. The highest BCUT2D eigenvalue weighted by Gasteiger charge is 2.36. The van der Waals surface area contributed by atoms with Crippen molar-refractivity contribution in [3.05, 3.63) is 35.1 Å². The molecule has 1 fully saturated rings. The average molecular weight is 244 g/mol. The maximum absolute atomic E-state index is 13.6. The van der Waals surface area contributed by atoms with Crippen molar-refractivity contribution < 1.29 is 18.3 Å². The summed E-state index contributed by atoms with van der Waals surface area (Å²) in [6.07, 6.45) is 2.29. The number of hydrogen-bond donors (Lipinski definition) is 1. The molecule has 0 unspecified atom stereocenters. The summed E-state index contributed by atoms with van der Waals surface area (Å²) in [6, 6.07) is 2.01. The fourth-order valence-electron chi connectivity index (χ4n) is 2.39. The zero-order valence-corrected chi connectivity index (χ0v) is 9.64. The van der Waals surface area contributed by atoms with Gasteiger partial charge in [-0.3, -0.25) is 0 Å². The molecule has 0 saturated heterocycles. The van der Waals surface area contributed by atoms with E-state index in [1.54, 1.807) is 0 Å². The number of aliphatic hydroxyl groups is 1. The molecule has 1 nitrogen and oxygen atoms in total. The molecule has 1 saturated carbocycles. The summed E-state index contributed by atoms with van der Waals surface area (Å²) in [5.41, 5.74) is -1.48. The molecule has 94 valence electrons. The van der Waals surface area contributed by atoms with Crippen LogP contribution in [0.4, 0.5) is 13.2 Å². The van der Waals surface area contributed by atoms with Crippen LogP contribution in [-0.2, 0) is 5.60 Å². The predicted octanol–water partition coefficient (Wildman–Crippen LogP) is 3.50. The molecule has 0 aromatic heterocycles. The van der Waals surface area contributed by atoms with E-state index < -0.39 is 23.1 Å². The molecule has 0 radical (unpaired) electrons. The first-order valence-corrected chi connectivity index (χ1v) is 5.80. The number of hydrogen-bond acceptors (Lipinski definition) is 1. The molecule has 0 atom stereocenters. The standard InChI is InChI=1S/C13H15F3O/c1-8-4-6-13(17,7-5-8)9-2-3-10(14)12(16)11(9)15/h2-3,8,17H,4-7H2,1H3. The topological polar surface area (TPSA) is 20.2 Å². The number of halogens is 3. The van der Waals surface area contributed by atoms with Crippen molar-refractivity contribution in [2.75, 3.05) is 0 Å². The molecule has 1 aromatic carbocycles. The third kappa shape index (κ3) is 2.18. The Hall–Kier alpha value is -1.03. The normalized spacial score (nSPS) is 29.4. The first kappa shape index (κ1) is 12.4. The van der Waals surface area contributed by atoms with Gasteiger partial charge in [0.15, 0.2) is 17.5 Å². The van der Waals surface area contributed by atoms with Crippen molar-refractivity contribution in [1.82, 2.24) is 0 Å². The van der Waals surface area contributed by atoms with Crippen LogP contribution >= 0.6 is 0 Å². The molecule has 17 heavy (non-hydrogen) atoms. The summed E-state index contributed by atoms with van der Waals surface area (Å²) in [7, 11) is 0. The predicted molar refractivity (Wildman–Crippen MR) is 57.8 cm³/mol. The van der Waals surface area contributed by atoms with Crippen molar-refractivity contribution in [3.8, 4) is 0 Å². The van der Waals surface area contributed by atoms with E-state index in [2.05, 4.69) is 6.92 Å². The summed E-state index contributed by atoms with van der Waals surface area (Å²) in [5.74, 6) is -3.51. The Bertz CT molecular complexity index is 423. The van der Waals surface area contributed by atoms with Gasteiger partial charge in [-0.05, 0) is 37.7 Å². The van der Waals surface area contributed by atoms with E-state index in [0.29, 0.717) is 18.8 Å². The van der Waals surface area contributed by atoms with Crippen molar-refractivity contribution >= 4 is 0 Å². The van der Waals surface area contributed by atoms with Crippen LogP contribution in [-0.4, -0.2) is 5.11 Å². The minimum atomic E-state index is -1.51. The smallest absolute Gasteiger partial charge is 0.194 e. The SMILES string of the molecule is CC1CCC(O)(c2ccc(F)c(F)c2F)CC1. The molecule has 0 heterocycles. The molecule has 1 N–H and O–H groups in total. The van der Waals surface area contributed by atoms with Crippen molar-refractivity contribution in [3.63, 3.8) is 0 Å². The van der Waals surface area contributed by atoms with Crippen molar-refractivity contribution in [2.45, 2.75) is 38.2 Å². The number of rotatable bonds is 1. The van der Waals surface area contributed by atoms with Gasteiger partial charge in [0, 0.05) is 5.56 Å². The van der Waals surface area contributed by atoms with E-state index in [0.717, 1.165) is 25.0 Å². The molecule has 4 heteroatoms. The van der Waals surface area contributed by atoms with Crippen LogP contribution in [0.2, 0.25) is 0 Å². The Labute approximate surface area is 98.3 Å². The summed E-state index contributed by atoms with van der Waals surface area (Å²) >= 11 is 0. The van der Waals surface area contributed by atoms with E-state index in [1.807, 2.05) is 0 Å². The molecule has 1 aromatic rings. The lowest BCUT2D eigenvalue weighted by molar-refractivity contribution is -0.0155. The second-order valence-corrected chi connectivity index (χ2v) is 4.94. The Balaban J connectivity index is 2.37. The fraction of sp³-hybridized carbons (Fsp3) is 0.538. The molecule has 1 aliphatic rings. The maximum Gasteiger partial charge on any atom is 0.194 e. The van der Waals surface area contributed by atoms with Crippen LogP contribution in [0, 0.1) is 23.4 Å². The molecule has 2 rings (SSSR count). The van der Waals surface area contributed by atoms with E-state index in [4.69, 9.17) is 0 Å². The lowest BCUT2D eigenvalue weighted by atomic mass is 9.75. The van der Waals surface area contributed by atoms with Gasteiger partial charge < -0.3 is 5.11 Å². The number of benzene rings is 1. The monoisotopic (exact) mass is 244 g/mol. The van der Waals surface area contributed by atoms with Crippen LogP contribution < -0.4 is 0 Å².